The van der Waals surface area contributed by atoms with Crippen molar-refractivity contribution in [1.29, 1.82) is 0 Å². The molecule has 0 saturated heterocycles. The van der Waals surface area contributed by atoms with Crippen LogP contribution in [0.1, 0.15) is 5.56 Å². The molecule has 0 spiro atoms. The van der Waals surface area contributed by atoms with E-state index in [0.29, 0.717) is 32.9 Å². The highest BCUT2D eigenvalue weighted by Gasteiger charge is 2.16. The molecule has 2 aromatic heterocycles. The van der Waals surface area contributed by atoms with Crippen molar-refractivity contribution in [2.45, 2.75) is 6.42 Å². The number of carbonyl (C=O) groups is 1. The smallest absolute Gasteiger partial charge is 0.228 e. The zero-order valence-electron chi connectivity index (χ0n) is 12.3. The van der Waals surface area contributed by atoms with Crippen LogP contribution in [0, 0.1) is 0 Å². The number of nitrogens with one attached hydrogen (secondary N) is 1. The van der Waals surface area contributed by atoms with E-state index in [1.54, 1.807) is 37.6 Å². The Morgan fingerprint density at radius 2 is 2.26 bits per heavy atom. The molecule has 6 nitrogen and oxygen atoms in total. The van der Waals surface area contributed by atoms with Crippen molar-refractivity contribution in [3.05, 3.63) is 53.4 Å². The zero-order chi connectivity index (χ0) is 16.4. The fraction of sp³-hybridized carbons (Fsp3) is 0.125. The number of amides is 1. The number of benzene rings is 1. The van der Waals surface area contributed by atoms with Gasteiger partial charge in [-0.05, 0) is 23.8 Å². The van der Waals surface area contributed by atoms with E-state index in [2.05, 4.69) is 10.3 Å². The second kappa shape index (κ2) is 6.18. The average molecular weight is 332 g/mol. The van der Waals surface area contributed by atoms with Crippen molar-refractivity contribution >= 4 is 34.1 Å². The minimum Gasteiger partial charge on any atom is -0.496 e. The molecule has 0 atom stereocenters. The zero-order valence-corrected chi connectivity index (χ0v) is 13.0. The number of hydrogen-bond acceptors (Lipinski definition) is 4. The Kier molecular flexibility index (Phi) is 4.08. The Bertz CT molecular complexity index is 876. The number of aromatic nitrogens is 2. The van der Waals surface area contributed by atoms with Crippen molar-refractivity contribution in [2.24, 2.45) is 0 Å². The fourth-order valence-electron chi connectivity index (χ4n) is 2.46. The number of anilines is 1. The molecule has 1 aromatic carbocycles. The number of fused-ring (bicyclic) bond motifs is 1. The van der Waals surface area contributed by atoms with E-state index in [9.17, 15) is 10.0 Å². The highest BCUT2D eigenvalue weighted by atomic mass is 35.5. The first-order valence-electron chi connectivity index (χ1n) is 6.85. The number of halogens is 1. The van der Waals surface area contributed by atoms with E-state index in [1.165, 1.54) is 12.4 Å². The maximum atomic E-state index is 12.3. The van der Waals surface area contributed by atoms with Crippen LogP contribution >= 0.6 is 11.6 Å². The van der Waals surface area contributed by atoms with Gasteiger partial charge in [0.05, 0.1) is 29.8 Å². The van der Waals surface area contributed by atoms with Gasteiger partial charge in [-0.15, -0.1) is 0 Å². The molecular formula is C16H14ClN3O3. The number of rotatable bonds is 4. The first-order chi connectivity index (χ1) is 11.1. The summed E-state index contributed by atoms with van der Waals surface area (Å²) in [5.41, 5.74) is 1.73. The third-order valence-electron chi connectivity index (χ3n) is 3.47. The molecule has 3 rings (SSSR count). The van der Waals surface area contributed by atoms with Crippen LogP contribution in [0.4, 0.5) is 5.69 Å². The molecule has 7 heteroatoms. The molecule has 0 aliphatic heterocycles. The lowest BCUT2D eigenvalue weighted by Gasteiger charge is -2.07. The van der Waals surface area contributed by atoms with Gasteiger partial charge in [0.15, 0.2) is 0 Å². The quantitative estimate of drug-likeness (QED) is 0.720. The van der Waals surface area contributed by atoms with E-state index in [-0.39, 0.29) is 12.3 Å². The van der Waals surface area contributed by atoms with Gasteiger partial charge in [-0.1, -0.05) is 17.7 Å². The maximum Gasteiger partial charge on any atom is 0.228 e. The molecule has 0 unspecified atom stereocenters. The van der Waals surface area contributed by atoms with Crippen molar-refractivity contribution in [2.75, 3.05) is 12.4 Å². The van der Waals surface area contributed by atoms with Gasteiger partial charge in [-0.3, -0.25) is 9.78 Å². The van der Waals surface area contributed by atoms with E-state index < -0.39 is 0 Å². The number of hydrogen-bond donors (Lipinski definition) is 2. The second-order valence-electron chi connectivity index (χ2n) is 4.93. The lowest BCUT2D eigenvalue weighted by molar-refractivity contribution is -0.115. The number of ether oxygens (including phenoxy) is 1. The van der Waals surface area contributed by atoms with Gasteiger partial charge in [0.1, 0.15) is 5.75 Å². The fourth-order valence-corrected chi connectivity index (χ4v) is 2.63. The molecule has 1 amide bonds. The molecule has 0 fully saturated rings. The summed E-state index contributed by atoms with van der Waals surface area (Å²) in [5.74, 6) is 0.344. The highest BCUT2D eigenvalue weighted by molar-refractivity contribution is 6.33. The molecule has 0 bridgehead atoms. The van der Waals surface area contributed by atoms with E-state index in [4.69, 9.17) is 16.3 Å². The van der Waals surface area contributed by atoms with Crippen molar-refractivity contribution in [1.82, 2.24) is 9.71 Å². The molecule has 3 aromatic rings. The monoisotopic (exact) mass is 331 g/mol. The van der Waals surface area contributed by atoms with E-state index in [1.807, 2.05) is 0 Å². The third-order valence-corrected chi connectivity index (χ3v) is 3.77. The summed E-state index contributed by atoms with van der Waals surface area (Å²) in [6.45, 7) is 0. The Hall–Kier alpha value is -2.73. The largest absolute Gasteiger partial charge is 0.496 e. The summed E-state index contributed by atoms with van der Waals surface area (Å²) in [4.78, 5) is 16.1. The number of nitrogens with zero attached hydrogens (tertiary/aromatic N) is 2. The van der Waals surface area contributed by atoms with Crippen LogP contribution in [0.5, 0.6) is 5.75 Å². The molecule has 0 saturated carbocycles. The minimum atomic E-state index is -0.253. The number of pyridine rings is 1. The molecule has 0 aliphatic carbocycles. The van der Waals surface area contributed by atoms with Gasteiger partial charge >= 0.3 is 0 Å². The normalized spacial score (nSPS) is 10.7. The van der Waals surface area contributed by atoms with Crippen LogP contribution in [-0.2, 0) is 11.2 Å². The molecule has 118 valence electrons. The summed E-state index contributed by atoms with van der Waals surface area (Å²) >= 11 is 5.98. The maximum absolute atomic E-state index is 12.3. The first-order valence-corrected chi connectivity index (χ1v) is 7.23. The average Bonchev–Trinajstić information content (AvgIpc) is 2.86. The van der Waals surface area contributed by atoms with Crippen molar-refractivity contribution in [3.63, 3.8) is 0 Å². The van der Waals surface area contributed by atoms with Crippen LogP contribution in [0.15, 0.2) is 42.9 Å². The topological polar surface area (TPSA) is 76.4 Å². The standard InChI is InChI=1S/C16H14ClN3O3/c1-23-14-4-2-3-13-16(14)10(9-20(13)22)7-15(21)19-12-5-6-18-8-11(12)17/h2-6,8-9,22H,7H2,1H3,(H,18,19,21). The summed E-state index contributed by atoms with van der Waals surface area (Å²) in [5, 5.41) is 13.8. The number of carbonyl (C=O) groups excluding carboxylic acids is 1. The van der Waals surface area contributed by atoms with Crippen LogP contribution in [0.3, 0.4) is 0 Å². The predicted octanol–water partition coefficient (Wildman–Crippen LogP) is 3.12. The Labute approximate surface area is 137 Å². The van der Waals surface area contributed by atoms with Crippen molar-refractivity contribution < 1.29 is 14.7 Å². The molecule has 0 radical (unpaired) electrons. The number of methoxy groups -OCH3 is 1. The minimum absolute atomic E-state index is 0.0725. The Balaban J connectivity index is 1.90. The van der Waals surface area contributed by atoms with E-state index in [0.717, 1.165) is 4.73 Å². The molecule has 0 aliphatic rings. The summed E-state index contributed by atoms with van der Waals surface area (Å²) in [6.07, 6.45) is 4.58. The summed E-state index contributed by atoms with van der Waals surface area (Å²) in [6, 6.07) is 6.92. The lowest BCUT2D eigenvalue weighted by Crippen LogP contribution is -2.14. The third kappa shape index (κ3) is 2.93. The van der Waals surface area contributed by atoms with Crippen LogP contribution < -0.4 is 10.1 Å². The Morgan fingerprint density at radius 1 is 1.43 bits per heavy atom. The van der Waals surface area contributed by atoms with Gasteiger partial charge in [0.2, 0.25) is 5.91 Å². The van der Waals surface area contributed by atoms with Gasteiger partial charge in [-0.2, -0.15) is 4.73 Å². The second-order valence-corrected chi connectivity index (χ2v) is 5.34. The highest BCUT2D eigenvalue weighted by Crippen LogP contribution is 2.30. The van der Waals surface area contributed by atoms with Crippen molar-refractivity contribution in [3.8, 4) is 5.75 Å². The first kappa shape index (κ1) is 15.2. The molecule has 23 heavy (non-hydrogen) atoms. The Morgan fingerprint density at radius 3 is 3.00 bits per heavy atom. The van der Waals surface area contributed by atoms with Gasteiger partial charge in [0.25, 0.3) is 0 Å². The summed E-state index contributed by atoms with van der Waals surface area (Å²) in [7, 11) is 1.55. The van der Waals surface area contributed by atoms with Gasteiger partial charge in [-0.25, -0.2) is 0 Å². The summed E-state index contributed by atoms with van der Waals surface area (Å²) < 4.78 is 6.30. The van der Waals surface area contributed by atoms with E-state index >= 15 is 0 Å². The van der Waals surface area contributed by atoms with Crippen LogP contribution in [0.25, 0.3) is 10.9 Å². The molecule has 2 heterocycles. The SMILES string of the molecule is COc1cccc2c1c(CC(=O)Nc1ccncc1Cl)cn2O. The molecular weight excluding hydrogens is 318 g/mol. The van der Waals surface area contributed by atoms with Crippen LogP contribution in [0.2, 0.25) is 5.02 Å². The predicted molar refractivity (Wildman–Crippen MR) is 87.3 cm³/mol. The lowest BCUT2D eigenvalue weighted by atomic mass is 10.1. The van der Waals surface area contributed by atoms with Gasteiger partial charge in [0, 0.05) is 24.0 Å². The van der Waals surface area contributed by atoms with Crippen LogP contribution in [-0.4, -0.2) is 27.9 Å². The molecule has 2 N–H and O–H groups in total. The van der Waals surface area contributed by atoms with Gasteiger partial charge < -0.3 is 15.3 Å².